The van der Waals surface area contributed by atoms with Crippen LogP contribution in [0.25, 0.3) is 0 Å². The Morgan fingerprint density at radius 1 is 1.43 bits per heavy atom. The van der Waals surface area contributed by atoms with E-state index >= 15 is 0 Å². The van der Waals surface area contributed by atoms with E-state index in [0.29, 0.717) is 0 Å². The first-order chi connectivity index (χ1) is 2.77. The van der Waals surface area contributed by atoms with Crippen molar-refractivity contribution in [2.45, 2.75) is 0 Å². The van der Waals surface area contributed by atoms with Crippen molar-refractivity contribution in [2.24, 2.45) is 4.40 Å². The van der Waals surface area contributed by atoms with Gasteiger partial charge in [-0.1, -0.05) is 4.40 Å². The molecule has 0 N–H and O–H groups in total. The van der Waals surface area contributed by atoms with Crippen LogP contribution in [-0.4, -0.2) is 33.4 Å². The quantitative estimate of drug-likeness (QED) is 0.194. The molecule has 0 aliphatic carbocycles. The summed E-state index contributed by atoms with van der Waals surface area (Å²) in [6.07, 6.45) is 0.846. The number of carbonyl (C=O) groups excluding carboxylic acids is 1. The average molecular weight is 114 g/mol. The zero-order valence-electron chi connectivity index (χ0n) is 3.62. The first kappa shape index (κ1) is 10.0. The van der Waals surface area contributed by atoms with Gasteiger partial charge in [-0.15, -0.1) is 0 Å². The Labute approximate surface area is 53.9 Å². The molecule has 6 heteroatoms. The normalized spacial score (nSPS) is 6.43. The van der Waals surface area contributed by atoms with Gasteiger partial charge in [0.1, 0.15) is 0 Å². The molecule has 0 fully saturated rings. The number of hydrogen-bond donors (Lipinski definition) is 1. The Hall–Kier alpha value is -0.0726. The van der Waals surface area contributed by atoms with Crippen LogP contribution in [0.2, 0.25) is 0 Å². The van der Waals surface area contributed by atoms with E-state index in [9.17, 15) is 8.42 Å². The van der Waals surface area contributed by atoms with E-state index in [1.54, 1.807) is 0 Å². The Kier molecular flexibility index (Phi) is 8.49. The van der Waals surface area contributed by atoms with Crippen LogP contribution in [0.5, 0.6) is 0 Å². The summed E-state index contributed by atoms with van der Waals surface area (Å²) in [5.74, 6) is 0. The maximum Gasteiger partial charge on any atom is 0.253 e. The molecule has 0 aromatic rings. The number of hydrogen-bond acceptors (Lipinski definition) is 3. The fraction of sp³-hybridized carbons (Fsp3) is 0. The molecule has 0 rings (SSSR count). The number of thiol groups is 1. The molecule has 0 unspecified atom stereocenters. The van der Waals surface area contributed by atoms with Crippen LogP contribution in [0.3, 0.4) is 0 Å². The van der Waals surface area contributed by atoms with Crippen molar-refractivity contribution in [3.8, 4) is 0 Å². The van der Waals surface area contributed by atoms with Crippen molar-refractivity contribution in [3.05, 3.63) is 0 Å². The van der Waals surface area contributed by atoms with Gasteiger partial charge in [0.25, 0.3) is 17.0 Å². The molecule has 7 heavy (non-hydrogen) atoms. The molecule has 0 saturated carbocycles. The van der Waals surface area contributed by atoms with E-state index in [0.717, 1.165) is 6.08 Å². The van der Waals surface area contributed by atoms with Gasteiger partial charge in [-0.2, -0.15) is 0 Å². The van der Waals surface area contributed by atoms with Crippen LogP contribution in [0.1, 0.15) is 0 Å². The molecule has 0 heterocycles. The Bertz CT molecular complexity index is 137. The van der Waals surface area contributed by atoms with Crippen molar-refractivity contribution in [1.82, 2.24) is 0 Å². The summed E-state index contributed by atoms with van der Waals surface area (Å²) >= 11 is 0. The predicted molar refractivity (Wildman–Crippen MR) is 24.2 cm³/mol. The van der Waals surface area contributed by atoms with Gasteiger partial charge in [-0.25, -0.2) is 13.2 Å². The molecule has 0 aliphatic rings. The third kappa shape index (κ3) is 10.7. The molecule has 0 amide bonds. The van der Waals surface area contributed by atoms with Gasteiger partial charge in [0.2, 0.25) is 0 Å². The van der Waals surface area contributed by atoms with Crippen molar-refractivity contribution in [3.63, 3.8) is 0 Å². The number of nitrogens with zero attached hydrogens (tertiary/aromatic N) is 1. The molecule has 0 saturated heterocycles. The first-order valence-electron chi connectivity index (χ1n) is 0.993. The molecule has 35 valence electrons. The van der Waals surface area contributed by atoms with E-state index in [1.165, 1.54) is 0 Å². The summed E-state index contributed by atoms with van der Waals surface area (Å²) in [6.45, 7) is 0. The molecule has 0 bridgehead atoms. The number of isocyanates is 1. The SMILES string of the molecule is O=C=N[SH](=O)=O.[Li]. The molecule has 0 aromatic carbocycles. The van der Waals surface area contributed by atoms with Crippen LogP contribution >= 0.6 is 0 Å². The van der Waals surface area contributed by atoms with Gasteiger partial charge in [-0.05, 0) is 0 Å². The van der Waals surface area contributed by atoms with E-state index in [-0.39, 0.29) is 18.9 Å². The van der Waals surface area contributed by atoms with Crippen LogP contribution in [0.4, 0.5) is 0 Å². The molecule has 0 aliphatic heterocycles. The standard InChI is InChI=1S/CHNO3S.Li/c3-1-2-6(4)5;/h6H;. The van der Waals surface area contributed by atoms with Crippen molar-refractivity contribution in [1.29, 1.82) is 0 Å². The summed E-state index contributed by atoms with van der Waals surface area (Å²) in [5, 5.41) is 0. The predicted octanol–water partition coefficient (Wildman–Crippen LogP) is -1.53. The van der Waals surface area contributed by atoms with Gasteiger partial charge >= 0.3 is 0 Å². The third-order valence-electron chi connectivity index (χ3n) is 0.122. The summed E-state index contributed by atoms with van der Waals surface area (Å²) in [4.78, 5) is 8.94. The largest absolute Gasteiger partial charge is 0.253 e. The van der Waals surface area contributed by atoms with Gasteiger partial charge in [0, 0.05) is 18.9 Å². The van der Waals surface area contributed by atoms with Crippen molar-refractivity contribution < 1.29 is 13.2 Å². The first-order valence-corrected chi connectivity index (χ1v) is 2.12. The topological polar surface area (TPSA) is 63.6 Å². The zero-order valence-corrected chi connectivity index (χ0v) is 4.51. The molecular formula is CHLiNO3S. The van der Waals surface area contributed by atoms with Crippen LogP contribution < -0.4 is 0 Å². The zero-order chi connectivity index (χ0) is 4.99. The minimum atomic E-state index is -2.90. The minimum absolute atomic E-state index is 0. The number of rotatable bonds is 1. The second-order valence-electron chi connectivity index (χ2n) is 0.429. The summed E-state index contributed by atoms with van der Waals surface area (Å²) in [5.41, 5.74) is 0. The van der Waals surface area contributed by atoms with Crippen LogP contribution in [0.15, 0.2) is 4.40 Å². The Balaban J connectivity index is 0. The van der Waals surface area contributed by atoms with E-state index in [1.807, 2.05) is 0 Å². The Morgan fingerprint density at radius 3 is 1.86 bits per heavy atom. The molecule has 0 spiro atoms. The van der Waals surface area contributed by atoms with Gasteiger partial charge in [0.15, 0.2) is 0 Å². The van der Waals surface area contributed by atoms with Gasteiger partial charge < -0.3 is 0 Å². The van der Waals surface area contributed by atoms with Gasteiger partial charge in [-0.3, -0.25) is 0 Å². The summed E-state index contributed by atoms with van der Waals surface area (Å²) in [7, 11) is -2.90. The van der Waals surface area contributed by atoms with E-state index in [4.69, 9.17) is 4.79 Å². The molecule has 4 nitrogen and oxygen atoms in total. The van der Waals surface area contributed by atoms with E-state index < -0.39 is 10.9 Å². The fourth-order valence-electron chi connectivity index (χ4n) is 0.0333. The third-order valence-corrected chi connectivity index (χ3v) is 0.367. The molecular weight excluding hydrogens is 113 g/mol. The maximum atomic E-state index is 9.21. The summed E-state index contributed by atoms with van der Waals surface area (Å²) < 4.78 is 20.7. The second-order valence-corrected chi connectivity index (χ2v) is 1.10. The smallest absolute Gasteiger partial charge is 0.210 e. The maximum absolute atomic E-state index is 9.21. The average Bonchev–Trinajstić information content (AvgIpc) is 1.35. The Morgan fingerprint density at radius 2 is 1.86 bits per heavy atom. The fourth-order valence-corrected chi connectivity index (χ4v) is 0.100. The summed E-state index contributed by atoms with van der Waals surface area (Å²) in [6, 6.07) is 0. The minimum Gasteiger partial charge on any atom is -0.210 e. The van der Waals surface area contributed by atoms with Crippen LogP contribution in [-0.2, 0) is 15.7 Å². The van der Waals surface area contributed by atoms with Crippen molar-refractivity contribution >= 4 is 35.8 Å². The molecule has 0 atom stereocenters. The monoisotopic (exact) mass is 114 g/mol. The van der Waals surface area contributed by atoms with Gasteiger partial charge in [0.05, 0.1) is 0 Å². The van der Waals surface area contributed by atoms with Crippen molar-refractivity contribution in [2.75, 3.05) is 0 Å². The van der Waals surface area contributed by atoms with Crippen LogP contribution in [0, 0.1) is 0 Å². The molecule has 1 radical (unpaired) electrons. The second kappa shape index (κ2) is 5.93. The van der Waals surface area contributed by atoms with E-state index in [2.05, 4.69) is 4.40 Å². The molecule has 0 aromatic heterocycles.